The van der Waals surface area contributed by atoms with Crippen molar-refractivity contribution in [2.45, 2.75) is 25.7 Å². The molecule has 0 heterocycles. The van der Waals surface area contributed by atoms with Crippen molar-refractivity contribution in [2.75, 3.05) is 19.7 Å². The van der Waals surface area contributed by atoms with Gasteiger partial charge in [0, 0.05) is 6.54 Å². The molecule has 3 N–H and O–H groups in total. The zero-order chi connectivity index (χ0) is 13.5. The molecule has 1 amide bonds. The molecule has 4 heteroatoms. The number of para-hydroxylation sites is 1. The average Bonchev–Trinajstić information content (AvgIpc) is 3.25. The van der Waals surface area contributed by atoms with Crippen LogP contribution in [0.2, 0.25) is 0 Å². The van der Waals surface area contributed by atoms with Crippen LogP contribution in [0.15, 0.2) is 24.3 Å². The molecule has 1 aliphatic carbocycles. The Morgan fingerprint density at radius 2 is 2.11 bits per heavy atom. The van der Waals surface area contributed by atoms with Gasteiger partial charge in [-0.3, -0.25) is 4.79 Å². The van der Waals surface area contributed by atoms with Crippen LogP contribution in [0.3, 0.4) is 0 Å². The summed E-state index contributed by atoms with van der Waals surface area (Å²) in [6.45, 7) is 2.04. The molecular weight excluding hydrogens is 240 g/mol. The minimum atomic E-state index is -0.0663. The number of nitrogens with one attached hydrogen (secondary N) is 1. The average molecular weight is 262 g/mol. The number of nitrogens with two attached hydrogens (primary N) is 1. The second-order valence-electron chi connectivity index (χ2n) is 5.00. The Morgan fingerprint density at radius 3 is 2.84 bits per heavy atom. The van der Waals surface area contributed by atoms with E-state index < -0.39 is 0 Å². The van der Waals surface area contributed by atoms with Gasteiger partial charge in [-0.2, -0.15) is 0 Å². The third kappa shape index (κ3) is 4.56. The van der Waals surface area contributed by atoms with E-state index in [1.165, 1.54) is 12.8 Å². The van der Waals surface area contributed by atoms with E-state index >= 15 is 0 Å². The van der Waals surface area contributed by atoms with Crippen LogP contribution < -0.4 is 15.8 Å². The molecule has 0 atom stereocenters. The highest BCUT2D eigenvalue weighted by Gasteiger charge is 2.22. The van der Waals surface area contributed by atoms with Gasteiger partial charge in [0.1, 0.15) is 5.75 Å². The van der Waals surface area contributed by atoms with Crippen LogP contribution in [0.25, 0.3) is 0 Å². The first-order valence-corrected chi connectivity index (χ1v) is 7.01. The highest BCUT2D eigenvalue weighted by Crippen LogP contribution is 2.30. The maximum Gasteiger partial charge on any atom is 0.255 e. The van der Waals surface area contributed by atoms with E-state index in [2.05, 4.69) is 5.32 Å². The molecule has 1 aromatic carbocycles. The van der Waals surface area contributed by atoms with E-state index in [9.17, 15) is 4.79 Å². The van der Waals surface area contributed by atoms with E-state index in [4.69, 9.17) is 10.5 Å². The molecule has 0 unspecified atom stereocenters. The maximum atomic E-state index is 12.1. The molecule has 1 saturated carbocycles. The van der Waals surface area contributed by atoms with Crippen molar-refractivity contribution in [1.82, 2.24) is 5.32 Å². The third-order valence-corrected chi connectivity index (χ3v) is 3.22. The van der Waals surface area contributed by atoms with E-state index in [-0.39, 0.29) is 5.91 Å². The highest BCUT2D eigenvalue weighted by atomic mass is 16.5. The number of ether oxygens (including phenoxy) is 1. The second-order valence-corrected chi connectivity index (χ2v) is 5.00. The quantitative estimate of drug-likeness (QED) is 0.704. The van der Waals surface area contributed by atoms with Crippen molar-refractivity contribution >= 4 is 5.91 Å². The summed E-state index contributed by atoms with van der Waals surface area (Å²) in [4.78, 5) is 12.1. The summed E-state index contributed by atoms with van der Waals surface area (Å²) in [6, 6.07) is 7.42. The van der Waals surface area contributed by atoms with Gasteiger partial charge in [0.2, 0.25) is 0 Å². The van der Waals surface area contributed by atoms with Gasteiger partial charge in [-0.25, -0.2) is 0 Å². The van der Waals surface area contributed by atoms with Crippen LogP contribution in [-0.4, -0.2) is 25.6 Å². The van der Waals surface area contributed by atoms with Crippen LogP contribution in [0.5, 0.6) is 5.75 Å². The van der Waals surface area contributed by atoms with Crippen LogP contribution in [-0.2, 0) is 0 Å². The first kappa shape index (κ1) is 13.9. The number of benzene rings is 1. The number of carbonyl (C=O) groups is 1. The standard InChI is InChI=1S/C15H22N2O2/c16-9-3-4-10-17-15(18)13-5-1-2-6-14(13)19-11-12-7-8-12/h1-2,5-6,12H,3-4,7-11,16H2,(H,17,18). The Morgan fingerprint density at radius 1 is 1.32 bits per heavy atom. The lowest BCUT2D eigenvalue weighted by Gasteiger charge is -2.11. The minimum Gasteiger partial charge on any atom is -0.492 e. The summed E-state index contributed by atoms with van der Waals surface area (Å²) in [5.41, 5.74) is 6.04. The van der Waals surface area contributed by atoms with Gasteiger partial charge in [-0.15, -0.1) is 0 Å². The highest BCUT2D eigenvalue weighted by molar-refractivity contribution is 5.96. The van der Waals surface area contributed by atoms with Crippen molar-refractivity contribution < 1.29 is 9.53 Å². The van der Waals surface area contributed by atoms with Crippen LogP contribution in [0, 0.1) is 5.92 Å². The predicted molar refractivity (Wildman–Crippen MR) is 75.3 cm³/mol. The third-order valence-electron chi connectivity index (χ3n) is 3.22. The van der Waals surface area contributed by atoms with E-state index in [0.29, 0.717) is 30.3 Å². The lowest BCUT2D eigenvalue weighted by Crippen LogP contribution is -2.25. The number of carbonyl (C=O) groups excluding carboxylic acids is 1. The summed E-state index contributed by atoms with van der Waals surface area (Å²) in [5.74, 6) is 1.30. The fourth-order valence-corrected chi connectivity index (χ4v) is 1.84. The van der Waals surface area contributed by atoms with Crippen LogP contribution in [0.1, 0.15) is 36.0 Å². The van der Waals surface area contributed by atoms with Crippen LogP contribution in [0.4, 0.5) is 0 Å². The normalized spacial score (nSPS) is 14.2. The molecule has 1 aliphatic rings. The molecule has 0 bridgehead atoms. The fraction of sp³-hybridized carbons (Fsp3) is 0.533. The van der Waals surface area contributed by atoms with Gasteiger partial charge >= 0.3 is 0 Å². The smallest absolute Gasteiger partial charge is 0.255 e. The number of hydrogen-bond acceptors (Lipinski definition) is 3. The lowest BCUT2D eigenvalue weighted by molar-refractivity contribution is 0.0948. The molecule has 2 rings (SSSR count). The summed E-state index contributed by atoms with van der Waals surface area (Å²) in [5, 5.41) is 2.90. The second kappa shape index (κ2) is 7.14. The minimum absolute atomic E-state index is 0.0663. The Balaban J connectivity index is 1.87. The summed E-state index contributed by atoms with van der Waals surface area (Å²) in [6.07, 6.45) is 4.33. The van der Waals surface area contributed by atoms with E-state index in [1.54, 1.807) is 6.07 Å². The first-order valence-electron chi connectivity index (χ1n) is 7.01. The molecular formula is C15H22N2O2. The lowest BCUT2D eigenvalue weighted by atomic mass is 10.2. The van der Waals surface area contributed by atoms with Crippen molar-refractivity contribution in [3.05, 3.63) is 29.8 Å². The van der Waals surface area contributed by atoms with Crippen molar-refractivity contribution in [3.8, 4) is 5.75 Å². The molecule has 1 aromatic rings. The van der Waals surface area contributed by atoms with Crippen LogP contribution >= 0.6 is 0 Å². The molecule has 0 aromatic heterocycles. The predicted octanol–water partition coefficient (Wildman–Crippen LogP) is 1.94. The maximum absolute atomic E-state index is 12.1. The Hall–Kier alpha value is -1.55. The molecule has 0 radical (unpaired) electrons. The Bertz CT molecular complexity index is 416. The molecule has 1 fully saturated rings. The zero-order valence-corrected chi connectivity index (χ0v) is 11.2. The van der Waals surface area contributed by atoms with Gasteiger partial charge in [0.05, 0.1) is 12.2 Å². The van der Waals surface area contributed by atoms with Gasteiger partial charge in [0.25, 0.3) is 5.91 Å². The molecule has 19 heavy (non-hydrogen) atoms. The number of hydrogen-bond donors (Lipinski definition) is 2. The van der Waals surface area contributed by atoms with Gasteiger partial charge in [0.15, 0.2) is 0 Å². The number of rotatable bonds is 8. The molecule has 0 aliphatic heterocycles. The monoisotopic (exact) mass is 262 g/mol. The fourth-order valence-electron chi connectivity index (χ4n) is 1.84. The van der Waals surface area contributed by atoms with Crippen molar-refractivity contribution in [2.24, 2.45) is 11.7 Å². The SMILES string of the molecule is NCCCCNC(=O)c1ccccc1OCC1CC1. The van der Waals surface area contributed by atoms with Crippen molar-refractivity contribution in [1.29, 1.82) is 0 Å². The van der Waals surface area contributed by atoms with Gasteiger partial charge in [-0.05, 0) is 50.3 Å². The summed E-state index contributed by atoms with van der Waals surface area (Å²) < 4.78 is 5.73. The van der Waals surface area contributed by atoms with Gasteiger partial charge in [-0.1, -0.05) is 12.1 Å². The number of unbranched alkanes of at least 4 members (excludes halogenated alkanes) is 1. The summed E-state index contributed by atoms with van der Waals surface area (Å²) >= 11 is 0. The Labute approximate surface area is 114 Å². The van der Waals surface area contributed by atoms with E-state index in [0.717, 1.165) is 19.4 Å². The van der Waals surface area contributed by atoms with Gasteiger partial charge < -0.3 is 15.8 Å². The number of amides is 1. The molecule has 104 valence electrons. The molecule has 0 saturated heterocycles. The largest absolute Gasteiger partial charge is 0.492 e. The first-order chi connectivity index (χ1) is 9.31. The molecule has 0 spiro atoms. The zero-order valence-electron chi connectivity index (χ0n) is 11.2. The Kier molecular flexibility index (Phi) is 5.21. The topological polar surface area (TPSA) is 64.3 Å². The van der Waals surface area contributed by atoms with Crippen molar-refractivity contribution in [3.63, 3.8) is 0 Å². The summed E-state index contributed by atoms with van der Waals surface area (Å²) in [7, 11) is 0. The molecule has 4 nitrogen and oxygen atoms in total. The van der Waals surface area contributed by atoms with E-state index in [1.807, 2.05) is 18.2 Å².